The average Bonchev–Trinajstić information content (AvgIpc) is 3.10. The van der Waals surface area contributed by atoms with Crippen molar-refractivity contribution < 1.29 is 19.4 Å². The summed E-state index contributed by atoms with van der Waals surface area (Å²) in [5.41, 5.74) is 1.99. The minimum absolute atomic E-state index is 0.255. The lowest BCUT2D eigenvalue weighted by molar-refractivity contribution is -0.138. The summed E-state index contributed by atoms with van der Waals surface area (Å²) in [5, 5.41) is 13.5. The molecule has 3 rings (SSSR count). The fourth-order valence-corrected chi connectivity index (χ4v) is 3.76. The summed E-state index contributed by atoms with van der Waals surface area (Å²) in [6, 6.07) is 14.3. The molecule has 0 saturated heterocycles. The van der Waals surface area contributed by atoms with Crippen LogP contribution in [0.5, 0.6) is 0 Å². The summed E-state index contributed by atoms with van der Waals surface area (Å²) in [7, 11) is 0. The Balaban J connectivity index is 1.65. The van der Waals surface area contributed by atoms with E-state index in [-0.39, 0.29) is 11.5 Å². The van der Waals surface area contributed by atoms with E-state index in [1.165, 1.54) is 16.4 Å². The Kier molecular flexibility index (Phi) is 6.88. The molecule has 1 atom stereocenters. The normalized spacial score (nSPS) is 12.4. The zero-order valence-electron chi connectivity index (χ0n) is 18.3. The smallest absolute Gasteiger partial charge is 0.343 e. The number of nitrogens with one attached hydrogen (secondary N) is 1. The quantitative estimate of drug-likeness (QED) is 0.392. The maximum atomic E-state index is 12.5. The van der Waals surface area contributed by atoms with Crippen molar-refractivity contribution in [3.8, 4) is 0 Å². The van der Waals surface area contributed by atoms with Crippen molar-refractivity contribution in [2.75, 3.05) is 0 Å². The maximum Gasteiger partial charge on any atom is 0.343 e. The van der Waals surface area contributed by atoms with Gasteiger partial charge in [-0.1, -0.05) is 29.8 Å². The number of hydrogen-bond donors (Lipinski definition) is 2. The van der Waals surface area contributed by atoms with E-state index in [4.69, 9.17) is 4.74 Å². The molecule has 1 unspecified atom stereocenters. The van der Waals surface area contributed by atoms with E-state index < -0.39 is 22.8 Å². The molecule has 0 bridgehead atoms. The van der Waals surface area contributed by atoms with Gasteiger partial charge in [-0.3, -0.25) is 9.78 Å². The number of carboxylic acids is 1. The number of aromatic amines is 1. The van der Waals surface area contributed by atoms with Gasteiger partial charge in [0, 0.05) is 4.90 Å². The van der Waals surface area contributed by atoms with E-state index in [2.05, 4.69) is 10.1 Å². The molecule has 0 fully saturated rings. The van der Waals surface area contributed by atoms with E-state index in [9.17, 15) is 19.5 Å². The number of nitrogens with zero attached hydrogens (tertiary/aromatic N) is 2. The number of aromatic nitrogens is 3. The van der Waals surface area contributed by atoms with Crippen LogP contribution < -0.4 is 5.69 Å². The number of esters is 1. The number of carbonyl (C=O) groups is 2. The topological polar surface area (TPSA) is 114 Å². The molecular weight excluding hydrogens is 430 g/mol. The molecule has 0 aliphatic rings. The monoisotopic (exact) mass is 455 g/mol. The molecule has 8 nitrogen and oxygen atoms in total. The van der Waals surface area contributed by atoms with Crippen LogP contribution in [0, 0.1) is 6.92 Å². The third-order valence-electron chi connectivity index (χ3n) is 4.80. The summed E-state index contributed by atoms with van der Waals surface area (Å²) in [5.74, 6) is -1.23. The summed E-state index contributed by atoms with van der Waals surface area (Å²) in [6.45, 7) is 7.15. The number of thioether (sulfide) groups is 1. The van der Waals surface area contributed by atoms with E-state index >= 15 is 0 Å². The number of hydrogen-bond acceptors (Lipinski definition) is 6. The number of carboxylic acid groups (broad SMARTS) is 1. The van der Waals surface area contributed by atoms with Gasteiger partial charge in [-0.15, -0.1) is 11.8 Å². The first kappa shape index (κ1) is 23.3. The molecule has 9 heteroatoms. The number of aliphatic carboxylic acids is 1. The zero-order valence-corrected chi connectivity index (χ0v) is 19.1. The molecule has 0 radical (unpaired) electrons. The van der Waals surface area contributed by atoms with Gasteiger partial charge >= 0.3 is 17.6 Å². The first-order chi connectivity index (χ1) is 15.0. The Hall–Kier alpha value is -3.33. The van der Waals surface area contributed by atoms with Crippen molar-refractivity contribution >= 4 is 23.7 Å². The van der Waals surface area contributed by atoms with Gasteiger partial charge in [0.25, 0.3) is 0 Å². The first-order valence-corrected chi connectivity index (χ1v) is 10.8. The van der Waals surface area contributed by atoms with Crippen LogP contribution in [-0.2, 0) is 16.1 Å². The van der Waals surface area contributed by atoms with E-state index in [1.807, 2.05) is 31.2 Å². The number of H-pyrrole nitrogens is 1. The zero-order chi connectivity index (χ0) is 23.5. The molecular formula is C23H25N3O5S. The predicted octanol–water partition coefficient (Wildman–Crippen LogP) is 3.80. The standard InChI is InChI=1S/C23H25N3O5S/c1-14-5-7-16(8-6-14)13-26-22(30)24-19(25-26)15(2)31-20(27)17-9-11-18(12-10-17)32-23(3,4)21(28)29/h5-12,15H,13H2,1-4H3,(H,28,29)(H,24,25,30). The van der Waals surface area contributed by atoms with E-state index in [0.29, 0.717) is 12.1 Å². The van der Waals surface area contributed by atoms with Crippen molar-refractivity contribution in [2.45, 2.75) is 50.0 Å². The number of rotatable bonds is 8. The van der Waals surface area contributed by atoms with Crippen LogP contribution in [0.25, 0.3) is 0 Å². The van der Waals surface area contributed by atoms with Gasteiger partial charge in [-0.05, 0) is 57.5 Å². The van der Waals surface area contributed by atoms with Gasteiger partial charge in [0.1, 0.15) is 4.75 Å². The van der Waals surface area contributed by atoms with E-state index in [1.54, 1.807) is 45.0 Å². The third kappa shape index (κ3) is 5.67. The predicted molar refractivity (Wildman–Crippen MR) is 121 cm³/mol. The van der Waals surface area contributed by atoms with Crippen LogP contribution in [0.4, 0.5) is 0 Å². The molecule has 0 saturated carbocycles. The van der Waals surface area contributed by atoms with Gasteiger partial charge in [0.05, 0.1) is 12.1 Å². The van der Waals surface area contributed by atoms with Crippen LogP contribution in [0.3, 0.4) is 0 Å². The van der Waals surface area contributed by atoms with E-state index in [0.717, 1.165) is 16.0 Å². The molecule has 2 aromatic carbocycles. The molecule has 168 valence electrons. The summed E-state index contributed by atoms with van der Waals surface area (Å²) in [4.78, 5) is 39.4. The van der Waals surface area contributed by atoms with Crippen LogP contribution in [-0.4, -0.2) is 36.6 Å². The second-order valence-electron chi connectivity index (χ2n) is 7.95. The van der Waals surface area contributed by atoms with Crippen LogP contribution >= 0.6 is 11.8 Å². The fraction of sp³-hybridized carbons (Fsp3) is 0.304. The lowest BCUT2D eigenvalue weighted by Gasteiger charge is -2.18. The van der Waals surface area contributed by atoms with Crippen molar-refractivity contribution in [2.24, 2.45) is 0 Å². The molecule has 0 amide bonds. The highest BCUT2D eigenvalue weighted by Gasteiger charge is 2.28. The van der Waals surface area contributed by atoms with Crippen molar-refractivity contribution in [3.63, 3.8) is 0 Å². The average molecular weight is 456 g/mol. The molecule has 32 heavy (non-hydrogen) atoms. The molecule has 0 spiro atoms. The fourth-order valence-electron chi connectivity index (χ4n) is 2.81. The second kappa shape index (κ2) is 9.44. The molecule has 3 aromatic rings. The van der Waals surface area contributed by atoms with Crippen LogP contribution in [0.2, 0.25) is 0 Å². The summed E-state index contributed by atoms with van der Waals surface area (Å²) < 4.78 is 5.76. The van der Waals surface area contributed by atoms with Gasteiger partial charge in [0.15, 0.2) is 11.9 Å². The third-order valence-corrected chi connectivity index (χ3v) is 5.99. The number of aryl methyl sites for hydroxylation is 1. The minimum Gasteiger partial charge on any atom is -0.480 e. The SMILES string of the molecule is Cc1ccc(Cn2nc(C(C)OC(=O)c3ccc(SC(C)(C)C(=O)O)cc3)[nH]c2=O)cc1. The highest BCUT2D eigenvalue weighted by atomic mass is 32.2. The lowest BCUT2D eigenvalue weighted by Crippen LogP contribution is -2.26. The van der Waals surface area contributed by atoms with Gasteiger partial charge in [-0.25, -0.2) is 14.3 Å². The lowest BCUT2D eigenvalue weighted by atomic mass is 10.1. The number of ether oxygens (including phenoxy) is 1. The Morgan fingerprint density at radius 1 is 1.16 bits per heavy atom. The molecule has 0 aliphatic heterocycles. The molecule has 1 aromatic heterocycles. The highest BCUT2D eigenvalue weighted by molar-refractivity contribution is 8.01. The molecule has 0 aliphatic carbocycles. The number of carbonyl (C=O) groups excluding carboxylic acids is 1. The Morgan fingerprint density at radius 3 is 2.38 bits per heavy atom. The van der Waals surface area contributed by atoms with Crippen LogP contribution in [0.15, 0.2) is 58.2 Å². The second-order valence-corrected chi connectivity index (χ2v) is 9.64. The van der Waals surface area contributed by atoms with Gasteiger partial charge in [-0.2, -0.15) is 5.10 Å². The summed E-state index contributed by atoms with van der Waals surface area (Å²) in [6.07, 6.45) is -0.755. The number of benzene rings is 2. The highest BCUT2D eigenvalue weighted by Crippen LogP contribution is 2.32. The van der Waals surface area contributed by atoms with Crippen molar-refractivity contribution in [3.05, 3.63) is 81.5 Å². The summed E-state index contributed by atoms with van der Waals surface area (Å²) >= 11 is 1.19. The maximum absolute atomic E-state index is 12.5. The van der Waals surface area contributed by atoms with Crippen LogP contribution in [0.1, 0.15) is 54.2 Å². The largest absolute Gasteiger partial charge is 0.480 e. The molecule has 1 heterocycles. The van der Waals surface area contributed by atoms with Crippen molar-refractivity contribution in [1.82, 2.24) is 14.8 Å². The minimum atomic E-state index is -0.986. The van der Waals surface area contributed by atoms with Crippen molar-refractivity contribution in [1.29, 1.82) is 0 Å². The van der Waals surface area contributed by atoms with Gasteiger partial charge in [0.2, 0.25) is 0 Å². The Morgan fingerprint density at radius 2 is 1.78 bits per heavy atom. The first-order valence-electron chi connectivity index (χ1n) is 10.0. The Labute approximate surface area is 189 Å². The Bertz CT molecular complexity index is 1160. The molecule has 2 N–H and O–H groups in total. The van der Waals surface area contributed by atoms with Gasteiger partial charge < -0.3 is 9.84 Å².